The van der Waals surface area contributed by atoms with Gasteiger partial charge < -0.3 is 15.2 Å². The molecule has 0 radical (unpaired) electrons. The Balaban J connectivity index is 1.42. The van der Waals surface area contributed by atoms with Crippen LogP contribution in [0.25, 0.3) is 0 Å². The monoisotopic (exact) mass is 375 g/mol. The Kier molecular flexibility index (Phi) is 4.33. The first-order chi connectivity index (χ1) is 12.7. The lowest BCUT2D eigenvalue weighted by Crippen LogP contribution is -2.59. The van der Waals surface area contributed by atoms with Crippen LogP contribution in [-0.2, 0) is 14.3 Å². The van der Waals surface area contributed by atoms with Gasteiger partial charge in [-0.1, -0.05) is 0 Å². The summed E-state index contributed by atoms with van der Waals surface area (Å²) in [6, 6.07) is 1.84. The fourth-order valence-electron chi connectivity index (χ4n) is 5.84. The summed E-state index contributed by atoms with van der Waals surface area (Å²) in [5.74, 6) is 0.688. The van der Waals surface area contributed by atoms with Crippen LogP contribution in [0.15, 0.2) is 12.3 Å². The molecule has 0 aromatic carbocycles. The summed E-state index contributed by atoms with van der Waals surface area (Å²) in [7, 11) is 0. The van der Waals surface area contributed by atoms with Crippen LogP contribution >= 0.6 is 0 Å². The van der Waals surface area contributed by atoms with E-state index in [1.54, 1.807) is 23.9 Å². The first kappa shape index (κ1) is 18.5. The van der Waals surface area contributed by atoms with Crippen molar-refractivity contribution >= 4 is 17.7 Å². The summed E-state index contributed by atoms with van der Waals surface area (Å²) >= 11 is 0. The summed E-state index contributed by atoms with van der Waals surface area (Å²) < 4.78 is 7.31. The van der Waals surface area contributed by atoms with E-state index in [1.807, 2.05) is 13.8 Å². The van der Waals surface area contributed by atoms with Gasteiger partial charge in [0.25, 0.3) is 5.91 Å². The van der Waals surface area contributed by atoms with Gasteiger partial charge in [-0.25, -0.2) is 4.68 Å². The van der Waals surface area contributed by atoms with E-state index in [1.165, 1.54) is 0 Å². The van der Waals surface area contributed by atoms with Crippen LogP contribution in [-0.4, -0.2) is 38.5 Å². The van der Waals surface area contributed by atoms with Crippen LogP contribution in [0.4, 0.5) is 5.82 Å². The molecule has 4 fully saturated rings. The maximum Gasteiger partial charge on any atom is 0.312 e. The third kappa shape index (κ3) is 3.26. The second-order valence-electron chi connectivity index (χ2n) is 9.26. The Morgan fingerprint density at radius 3 is 2.52 bits per heavy atom. The first-order valence-corrected chi connectivity index (χ1v) is 9.98. The zero-order valence-electron chi connectivity index (χ0n) is 16.3. The maximum atomic E-state index is 13.0. The molecule has 5 rings (SSSR count). The minimum absolute atomic E-state index is 0.112. The van der Waals surface area contributed by atoms with Crippen LogP contribution in [0.1, 0.15) is 65.3 Å². The number of esters is 1. The number of hydrogen-bond acceptors (Lipinski definition) is 5. The highest BCUT2D eigenvalue weighted by atomic mass is 16.5. The van der Waals surface area contributed by atoms with E-state index in [-0.39, 0.29) is 17.9 Å². The lowest BCUT2D eigenvalue weighted by Gasteiger charge is -2.58. The molecule has 4 aliphatic carbocycles. The van der Waals surface area contributed by atoms with E-state index in [9.17, 15) is 14.7 Å². The molecule has 7 heteroatoms. The SMILES string of the molecule is CC(C)n1nccc1NC(=O)[C@@H](C)OC(=O)C12C[C@@H]3C[C@@H](CC(O)(C3)C1)C2. The van der Waals surface area contributed by atoms with Crippen LogP contribution in [0.5, 0.6) is 0 Å². The van der Waals surface area contributed by atoms with E-state index in [2.05, 4.69) is 10.4 Å². The minimum Gasteiger partial charge on any atom is -0.452 e. The van der Waals surface area contributed by atoms with Crippen LogP contribution < -0.4 is 5.32 Å². The lowest BCUT2D eigenvalue weighted by atomic mass is 9.48. The van der Waals surface area contributed by atoms with Crippen molar-refractivity contribution in [1.29, 1.82) is 0 Å². The van der Waals surface area contributed by atoms with Crippen molar-refractivity contribution in [3.63, 3.8) is 0 Å². The highest BCUT2D eigenvalue weighted by Gasteiger charge is 2.61. The molecule has 5 atom stereocenters. The number of rotatable bonds is 5. The van der Waals surface area contributed by atoms with Gasteiger partial charge in [0.2, 0.25) is 0 Å². The first-order valence-electron chi connectivity index (χ1n) is 9.98. The number of carbonyl (C=O) groups is 2. The topological polar surface area (TPSA) is 93.5 Å². The average molecular weight is 375 g/mol. The molecule has 1 aromatic heterocycles. The molecule has 4 aliphatic rings. The summed E-state index contributed by atoms with van der Waals surface area (Å²) in [5.41, 5.74) is -1.34. The van der Waals surface area contributed by atoms with Gasteiger partial charge in [0.15, 0.2) is 6.10 Å². The smallest absolute Gasteiger partial charge is 0.312 e. The van der Waals surface area contributed by atoms with E-state index >= 15 is 0 Å². The molecule has 0 aliphatic heterocycles. The van der Waals surface area contributed by atoms with Gasteiger partial charge in [-0.15, -0.1) is 0 Å². The van der Waals surface area contributed by atoms with Crippen molar-refractivity contribution in [1.82, 2.24) is 9.78 Å². The molecule has 2 N–H and O–H groups in total. The van der Waals surface area contributed by atoms with E-state index in [0.29, 0.717) is 24.1 Å². The molecule has 2 unspecified atom stereocenters. The Bertz CT molecular complexity index is 742. The van der Waals surface area contributed by atoms with E-state index in [0.717, 1.165) is 32.1 Å². The third-order valence-corrected chi connectivity index (χ3v) is 6.53. The molecular formula is C20H29N3O4. The number of amides is 1. The van der Waals surface area contributed by atoms with Gasteiger partial charge in [0.1, 0.15) is 5.82 Å². The summed E-state index contributed by atoms with van der Waals surface area (Å²) in [6.45, 7) is 5.55. The van der Waals surface area contributed by atoms with Crippen molar-refractivity contribution in [3.8, 4) is 0 Å². The predicted molar refractivity (Wildman–Crippen MR) is 98.9 cm³/mol. The Labute approximate surface area is 159 Å². The summed E-state index contributed by atoms with van der Waals surface area (Å²) in [4.78, 5) is 25.5. The Morgan fingerprint density at radius 1 is 1.26 bits per heavy atom. The Morgan fingerprint density at radius 2 is 1.93 bits per heavy atom. The van der Waals surface area contributed by atoms with Crippen molar-refractivity contribution in [2.75, 3.05) is 5.32 Å². The fraction of sp³-hybridized carbons (Fsp3) is 0.750. The molecule has 7 nitrogen and oxygen atoms in total. The molecule has 1 aromatic rings. The highest BCUT2D eigenvalue weighted by Crippen LogP contribution is 2.62. The van der Waals surface area contributed by atoms with Gasteiger partial charge in [-0.3, -0.25) is 9.59 Å². The summed E-state index contributed by atoms with van der Waals surface area (Å²) in [6.07, 6.45) is 5.46. The molecular weight excluding hydrogens is 346 g/mol. The molecule has 1 amide bonds. The molecule has 0 saturated heterocycles. The standard InChI is InChI=1S/C20H29N3O4/c1-12(2)23-16(4-5-21-23)22-17(24)13(3)27-18(25)19-7-14-6-15(8-19)10-20(26,9-14)11-19/h4-5,12-15,26H,6-11H2,1-3H3,(H,22,24)/t13-,14-,15+,19?,20?/m1/s1. The van der Waals surface area contributed by atoms with Gasteiger partial charge in [0, 0.05) is 12.1 Å². The van der Waals surface area contributed by atoms with Crippen molar-refractivity contribution in [3.05, 3.63) is 12.3 Å². The zero-order valence-corrected chi connectivity index (χ0v) is 16.3. The number of aromatic nitrogens is 2. The van der Waals surface area contributed by atoms with Crippen LogP contribution in [0.2, 0.25) is 0 Å². The number of carbonyl (C=O) groups excluding carboxylic acids is 2. The molecule has 1 heterocycles. The molecule has 0 spiro atoms. The predicted octanol–water partition coefficient (Wildman–Crippen LogP) is 2.67. The van der Waals surface area contributed by atoms with Gasteiger partial charge >= 0.3 is 5.97 Å². The largest absolute Gasteiger partial charge is 0.452 e. The van der Waals surface area contributed by atoms with Crippen molar-refractivity contribution < 1.29 is 19.4 Å². The number of nitrogens with zero attached hydrogens (tertiary/aromatic N) is 2. The van der Waals surface area contributed by atoms with Gasteiger partial charge in [-0.2, -0.15) is 5.10 Å². The molecule has 148 valence electrons. The fourth-order valence-corrected chi connectivity index (χ4v) is 5.84. The van der Waals surface area contributed by atoms with E-state index in [4.69, 9.17) is 4.74 Å². The van der Waals surface area contributed by atoms with Crippen molar-refractivity contribution in [2.24, 2.45) is 17.3 Å². The third-order valence-electron chi connectivity index (χ3n) is 6.53. The zero-order chi connectivity index (χ0) is 19.4. The molecule has 4 saturated carbocycles. The maximum absolute atomic E-state index is 13.0. The van der Waals surface area contributed by atoms with Crippen molar-refractivity contribution in [2.45, 2.75) is 77.0 Å². The van der Waals surface area contributed by atoms with Gasteiger partial charge in [-0.05, 0) is 71.1 Å². The second-order valence-corrected chi connectivity index (χ2v) is 9.26. The minimum atomic E-state index is -0.893. The van der Waals surface area contributed by atoms with Gasteiger partial charge in [0.05, 0.1) is 17.2 Å². The second kappa shape index (κ2) is 6.33. The number of ether oxygens (including phenoxy) is 1. The lowest BCUT2D eigenvalue weighted by molar-refractivity contribution is -0.199. The average Bonchev–Trinajstić information content (AvgIpc) is 3.00. The number of anilines is 1. The number of hydrogen-bond donors (Lipinski definition) is 2. The Hall–Kier alpha value is -1.89. The number of nitrogens with one attached hydrogen (secondary N) is 1. The van der Waals surface area contributed by atoms with E-state index < -0.39 is 17.1 Å². The highest BCUT2D eigenvalue weighted by molar-refractivity contribution is 5.94. The number of aliphatic hydroxyl groups is 1. The van der Waals surface area contributed by atoms with Crippen LogP contribution in [0, 0.1) is 17.3 Å². The summed E-state index contributed by atoms with van der Waals surface area (Å²) in [5, 5.41) is 17.8. The normalized spacial score (nSPS) is 35.3. The van der Waals surface area contributed by atoms with Crippen LogP contribution in [0.3, 0.4) is 0 Å². The molecule has 27 heavy (non-hydrogen) atoms. The molecule has 4 bridgehead atoms. The quantitative estimate of drug-likeness (QED) is 0.772.